The number of benzene rings is 1. The van der Waals surface area contributed by atoms with E-state index in [2.05, 4.69) is 5.43 Å². The number of hydrogen-bond acceptors (Lipinski definition) is 3. The molecule has 1 aromatic heterocycles. The predicted octanol–water partition coefficient (Wildman–Crippen LogP) is 3.60. The Bertz CT molecular complexity index is 542. The van der Waals surface area contributed by atoms with Crippen LogP contribution in [-0.2, 0) is 6.42 Å². The molecular formula is C13H14ClFN2S. The van der Waals surface area contributed by atoms with Crippen molar-refractivity contribution < 1.29 is 4.39 Å². The third kappa shape index (κ3) is 2.72. The van der Waals surface area contributed by atoms with E-state index in [1.165, 1.54) is 0 Å². The molecule has 1 heterocycles. The molecule has 0 aliphatic carbocycles. The fourth-order valence-electron chi connectivity index (χ4n) is 1.89. The van der Waals surface area contributed by atoms with Gasteiger partial charge in [0.2, 0.25) is 0 Å². The lowest BCUT2D eigenvalue weighted by atomic mass is 10.0. The second kappa shape index (κ2) is 5.80. The quantitative estimate of drug-likeness (QED) is 0.665. The average molecular weight is 285 g/mol. The van der Waals surface area contributed by atoms with Gasteiger partial charge in [-0.15, -0.1) is 11.3 Å². The summed E-state index contributed by atoms with van der Waals surface area (Å²) >= 11 is 7.39. The van der Waals surface area contributed by atoms with Crippen LogP contribution in [0.15, 0.2) is 29.6 Å². The lowest BCUT2D eigenvalue weighted by Gasteiger charge is -2.16. The van der Waals surface area contributed by atoms with Crippen molar-refractivity contribution in [3.05, 3.63) is 56.5 Å². The minimum Gasteiger partial charge on any atom is -0.271 e. The first kappa shape index (κ1) is 13.5. The van der Waals surface area contributed by atoms with Gasteiger partial charge in [-0.2, -0.15) is 0 Å². The van der Waals surface area contributed by atoms with Crippen LogP contribution in [0.5, 0.6) is 0 Å². The molecule has 2 nitrogen and oxygen atoms in total. The Balaban J connectivity index is 2.26. The summed E-state index contributed by atoms with van der Waals surface area (Å²) in [5, 5.41) is 2.15. The van der Waals surface area contributed by atoms with E-state index < -0.39 is 0 Å². The van der Waals surface area contributed by atoms with Crippen LogP contribution in [0.3, 0.4) is 0 Å². The van der Waals surface area contributed by atoms with Crippen LogP contribution in [0.1, 0.15) is 22.0 Å². The molecule has 0 saturated carbocycles. The number of aryl methyl sites for hydroxylation is 1. The number of thiophene rings is 1. The van der Waals surface area contributed by atoms with Gasteiger partial charge in [0.1, 0.15) is 5.82 Å². The summed E-state index contributed by atoms with van der Waals surface area (Å²) in [7, 11) is 0. The second-order valence-electron chi connectivity index (χ2n) is 4.10. The van der Waals surface area contributed by atoms with Crippen molar-refractivity contribution in [2.45, 2.75) is 19.4 Å². The number of nitrogens with one attached hydrogen (secondary N) is 1. The molecule has 0 bridgehead atoms. The summed E-state index contributed by atoms with van der Waals surface area (Å²) in [6.45, 7) is 2.02. The van der Waals surface area contributed by atoms with Crippen molar-refractivity contribution in [2.24, 2.45) is 5.84 Å². The summed E-state index contributed by atoms with van der Waals surface area (Å²) in [4.78, 5) is 1.12. The van der Waals surface area contributed by atoms with Gasteiger partial charge in [0, 0.05) is 4.88 Å². The molecule has 18 heavy (non-hydrogen) atoms. The summed E-state index contributed by atoms with van der Waals surface area (Å²) in [6.07, 6.45) is 0.476. The molecule has 96 valence electrons. The predicted molar refractivity (Wildman–Crippen MR) is 74.2 cm³/mol. The zero-order chi connectivity index (χ0) is 13.1. The van der Waals surface area contributed by atoms with E-state index in [1.54, 1.807) is 29.5 Å². The van der Waals surface area contributed by atoms with E-state index in [0.29, 0.717) is 12.0 Å². The van der Waals surface area contributed by atoms with Gasteiger partial charge in [0.25, 0.3) is 0 Å². The van der Waals surface area contributed by atoms with Crippen molar-refractivity contribution in [1.82, 2.24) is 5.43 Å². The van der Waals surface area contributed by atoms with Gasteiger partial charge < -0.3 is 0 Å². The lowest BCUT2D eigenvalue weighted by Crippen LogP contribution is -2.29. The molecule has 0 aliphatic heterocycles. The molecule has 1 atom stereocenters. The van der Waals surface area contributed by atoms with E-state index in [4.69, 9.17) is 17.4 Å². The monoisotopic (exact) mass is 284 g/mol. The van der Waals surface area contributed by atoms with Crippen LogP contribution >= 0.6 is 22.9 Å². The van der Waals surface area contributed by atoms with Crippen molar-refractivity contribution >= 4 is 22.9 Å². The molecule has 2 rings (SSSR count). The van der Waals surface area contributed by atoms with Crippen molar-refractivity contribution in [3.8, 4) is 0 Å². The van der Waals surface area contributed by atoms with Gasteiger partial charge in [0.05, 0.1) is 11.1 Å². The summed E-state index contributed by atoms with van der Waals surface area (Å²) in [5.41, 5.74) is 4.47. The number of halogens is 2. The maximum Gasteiger partial charge on any atom is 0.145 e. The Morgan fingerprint density at radius 1 is 1.44 bits per heavy atom. The van der Waals surface area contributed by atoms with Crippen LogP contribution in [0.25, 0.3) is 0 Å². The van der Waals surface area contributed by atoms with E-state index in [-0.39, 0.29) is 16.9 Å². The highest BCUT2D eigenvalue weighted by Gasteiger charge is 2.17. The molecule has 0 radical (unpaired) electrons. The van der Waals surface area contributed by atoms with Gasteiger partial charge in [0.15, 0.2) is 0 Å². The van der Waals surface area contributed by atoms with E-state index in [1.807, 2.05) is 18.4 Å². The summed E-state index contributed by atoms with van der Waals surface area (Å²) in [6, 6.07) is 6.95. The largest absolute Gasteiger partial charge is 0.271 e. The van der Waals surface area contributed by atoms with E-state index >= 15 is 0 Å². The highest BCUT2D eigenvalue weighted by Crippen LogP contribution is 2.28. The molecule has 5 heteroatoms. The molecule has 3 N–H and O–H groups in total. The zero-order valence-electron chi connectivity index (χ0n) is 9.91. The first-order valence-corrected chi connectivity index (χ1v) is 6.82. The van der Waals surface area contributed by atoms with Gasteiger partial charge in [-0.3, -0.25) is 11.3 Å². The lowest BCUT2D eigenvalue weighted by molar-refractivity contribution is 0.534. The molecule has 0 spiro atoms. The minimum absolute atomic E-state index is 0.0991. The zero-order valence-corrected chi connectivity index (χ0v) is 11.5. The smallest absolute Gasteiger partial charge is 0.145 e. The molecule has 2 aromatic rings. The SMILES string of the molecule is Cc1ccsc1C(Cc1cccc(Cl)c1F)NN. The normalized spacial score (nSPS) is 12.7. The van der Waals surface area contributed by atoms with Crippen LogP contribution in [0, 0.1) is 12.7 Å². The molecule has 0 aliphatic rings. The van der Waals surface area contributed by atoms with Crippen LogP contribution in [0.2, 0.25) is 5.02 Å². The van der Waals surface area contributed by atoms with E-state index in [9.17, 15) is 4.39 Å². The van der Waals surface area contributed by atoms with Gasteiger partial charge >= 0.3 is 0 Å². The molecule has 1 aromatic carbocycles. The maximum absolute atomic E-state index is 13.8. The first-order chi connectivity index (χ1) is 8.63. The average Bonchev–Trinajstić information content (AvgIpc) is 2.77. The standard InChI is InChI=1S/C13H14ClFN2S/c1-8-5-6-18-13(8)11(17-16)7-9-3-2-4-10(14)12(9)15/h2-6,11,17H,7,16H2,1H3. The number of hydrogen-bond donors (Lipinski definition) is 2. The Labute approximate surface area is 115 Å². The number of nitrogens with two attached hydrogens (primary N) is 1. The fourth-order valence-corrected chi connectivity index (χ4v) is 3.08. The Kier molecular flexibility index (Phi) is 4.35. The molecule has 0 amide bonds. The van der Waals surface area contributed by atoms with Gasteiger partial charge in [-0.25, -0.2) is 4.39 Å². The minimum atomic E-state index is -0.367. The summed E-state index contributed by atoms with van der Waals surface area (Å²) in [5.74, 6) is 5.20. The highest BCUT2D eigenvalue weighted by atomic mass is 35.5. The third-order valence-corrected chi connectivity index (χ3v) is 4.30. The van der Waals surface area contributed by atoms with Gasteiger partial charge in [-0.05, 0) is 42.0 Å². The van der Waals surface area contributed by atoms with E-state index in [0.717, 1.165) is 10.4 Å². The fraction of sp³-hybridized carbons (Fsp3) is 0.231. The molecule has 0 saturated heterocycles. The first-order valence-electron chi connectivity index (χ1n) is 5.56. The Hall–Kier alpha value is -0.940. The molecule has 0 fully saturated rings. The van der Waals surface area contributed by atoms with Crippen molar-refractivity contribution in [1.29, 1.82) is 0 Å². The van der Waals surface area contributed by atoms with Crippen molar-refractivity contribution in [2.75, 3.05) is 0 Å². The van der Waals surface area contributed by atoms with Crippen LogP contribution in [-0.4, -0.2) is 0 Å². The van der Waals surface area contributed by atoms with Crippen LogP contribution in [0.4, 0.5) is 4.39 Å². The van der Waals surface area contributed by atoms with Crippen molar-refractivity contribution in [3.63, 3.8) is 0 Å². The van der Waals surface area contributed by atoms with Crippen LogP contribution < -0.4 is 11.3 Å². The van der Waals surface area contributed by atoms with Gasteiger partial charge in [-0.1, -0.05) is 23.7 Å². The Morgan fingerprint density at radius 2 is 2.22 bits per heavy atom. The highest BCUT2D eigenvalue weighted by molar-refractivity contribution is 7.10. The third-order valence-electron chi connectivity index (χ3n) is 2.87. The molecule has 1 unspecified atom stereocenters. The maximum atomic E-state index is 13.8. The molecular weight excluding hydrogens is 271 g/mol. The summed E-state index contributed by atoms with van der Waals surface area (Å²) < 4.78 is 13.8. The Morgan fingerprint density at radius 3 is 2.83 bits per heavy atom. The second-order valence-corrected chi connectivity index (χ2v) is 5.46. The number of rotatable bonds is 4. The topological polar surface area (TPSA) is 38.0 Å². The number of hydrazine groups is 1.